The first-order valence-electron chi connectivity index (χ1n) is 46.9. The Morgan fingerprint density at radius 2 is 0.371 bits per heavy atom. The fraction of sp³-hybridized carbons (Fsp3) is 0.538. The number of unbranched alkanes of at least 4 members (excludes halogenated alkanes) is 44. The summed E-state index contributed by atoms with van der Waals surface area (Å²) in [6.07, 6.45) is 69.0. The number of rotatable bonds is 60. The molecule has 0 spiro atoms. The van der Waals surface area contributed by atoms with Gasteiger partial charge >= 0.3 is 0 Å². The number of nitrogens with one attached hydrogen (secondary N) is 6. The van der Waals surface area contributed by atoms with Crippen molar-refractivity contribution in [1.29, 1.82) is 0 Å². The van der Waals surface area contributed by atoms with E-state index in [4.69, 9.17) is 9.97 Å². The van der Waals surface area contributed by atoms with E-state index in [0.29, 0.717) is 48.4 Å². The third-order valence-electron chi connectivity index (χ3n) is 23.8. The highest BCUT2D eigenvalue weighted by molar-refractivity contribution is 6.03. The van der Waals surface area contributed by atoms with Crippen LogP contribution in [0.1, 0.15) is 400 Å². The molecule has 7 aromatic rings. The molecule has 12 heteroatoms. The van der Waals surface area contributed by atoms with E-state index in [-0.39, 0.29) is 23.6 Å². The van der Waals surface area contributed by atoms with Crippen LogP contribution in [0.2, 0.25) is 0 Å². The maximum absolute atomic E-state index is 13.9. The zero-order valence-corrected chi connectivity index (χ0v) is 72.2. The molecule has 626 valence electrons. The minimum Gasteiger partial charge on any atom is -0.354 e. The summed E-state index contributed by atoms with van der Waals surface area (Å²) in [7, 11) is 0. The summed E-state index contributed by atoms with van der Waals surface area (Å²) >= 11 is 0. The van der Waals surface area contributed by atoms with Gasteiger partial charge in [0.05, 0.1) is 22.8 Å². The number of carbonyl (C=O) groups excluding carboxylic acids is 4. The smallest absolute Gasteiger partial charge is 0.251 e. The number of aromatic amines is 2. The van der Waals surface area contributed by atoms with Crippen LogP contribution in [0, 0.1) is 0 Å². The molecule has 0 fully saturated rings. The molecule has 4 aromatic carbocycles. The second kappa shape index (κ2) is 54.4. The van der Waals surface area contributed by atoms with Gasteiger partial charge < -0.3 is 31.2 Å². The van der Waals surface area contributed by atoms with Crippen LogP contribution in [0.15, 0.2) is 121 Å². The Kier molecular flexibility index (Phi) is 42.8. The molecule has 9 rings (SSSR count). The monoisotopic (exact) mass is 1570 g/mol. The normalized spacial score (nSPS) is 11.8. The van der Waals surface area contributed by atoms with Gasteiger partial charge in [0.1, 0.15) is 0 Å². The van der Waals surface area contributed by atoms with Crippen LogP contribution >= 0.6 is 0 Å². The van der Waals surface area contributed by atoms with Crippen molar-refractivity contribution in [2.45, 2.75) is 336 Å². The van der Waals surface area contributed by atoms with Crippen molar-refractivity contribution in [3.8, 4) is 44.5 Å². The highest BCUT2D eigenvalue weighted by Gasteiger charge is 2.22. The highest BCUT2D eigenvalue weighted by atomic mass is 16.2. The molecule has 0 saturated heterocycles. The summed E-state index contributed by atoms with van der Waals surface area (Å²) in [5.41, 5.74) is 15.4. The van der Waals surface area contributed by atoms with Crippen LogP contribution < -0.4 is 21.3 Å². The van der Waals surface area contributed by atoms with E-state index in [2.05, 4.69) is 107 Å². The maximum Gasteiger partial charge on any atom is 0.251 e. The summed E-state index contributed by atoms with van der Waals surface area (Å²) < 4.78 is 0. The highest BCUT2D eigenvalue weighted by Crippen LogP contribution is 2.39. The average molecular weight is 1570 g/mol. The molecular weight excluding hydrogens is 1430 g/mol. The summed E-state index contributed by atoms with van der Waals surface area (Å²) in [6.45, 7) is 11.6. The predicted octanol–water partition coefficient (Wildman–Crippen LogP) is 29.0. The Morgan fingerprint density at radius 1 is 0.216 bits per heavy atom. The first kappa shape index (κ1) is 91.3. The molecule has 116 heavy (non-hydrogen) atoms. The lowest BCUT2D eigenvalue weighted by atomic mass is 10.0. The van der Waals surface area contributed by atoms with Crippen molar-refractivity contribution >= 4 is 70.0 Å². The Morgan fingerprint density at radius 3 is 0.534 bits per heavy atom. The van der Waals surface area contributed by atoms with Gasteiger partial charge in [-0.05, 0) is 145 Å². The third kappa shape index (κ3) is 31.3. The number of carbonyl (C=O) groups is 4. The van der Waals surface area contributed by atoms with Gasteiger partial charge in [-0.2, -0.15) is 0 Å². The fourth-order valence-corrected chi connectivity index (χ4v) is 16.7. The van der Waals surface area contributed by atoms with Gasteiger partial charge in [0, 0.05) is 92.8 Å². The van der Waals surface area contributed by atoms with Crippen LogP contribution in [-0.4, -0.2) is 69.7 Å². The van der Waals surface area contributed by atoms with Crippen LogP contribution in [0.25, 0.3) is 90.9 Å². The molecule has 3 aromatic heterocycles. The van der Waals surface area contributed by atoms with E-state index in [1.54, 1.807) is 0 Å². The standard InChI is InChI=1S/C104H146N8O4/c1-5-9-13-17-21-25-29-33-37-41-45-49-77-105-101(113)85-61-53-81(54-62-85)97-89-69-71-91(109-89)98(82-55-63-86(64-56-82)102(114)106-78-50-46-42-38-34-30-26-22-18-14-10-6-2)93-73-75-95(111-93)100(84-59-67-88(68-60-84)104(116)108-80-52-48-44-40-36-32-28-24-20-16-12-8-4)96-76-74-94(112-96)99(92-72-70-90(97)110-92)83-57-65-87(66-58-83)103(115)107-79-51-47-43-39-35-31-27-23-19-15-11-7-3/h53-76,109,112H,5-52,77-80H2,1-4H3,(H,105,113)(H,106,114)(H,107,115)(H,108,116). The van der Waals surface area contributed by atoms with Crippen molar-refractivity contribution in [3.63, 3.8) is 0 Å². The zero-order valence-electron chi connectivity index (χ0n) is 72.2. The second-order valence-corrected chi connectivity index (χ2v) is 33.4. The Hall–Kier alpha value is -8.64. The van der Waals surface area contributed by atoms with Gasteiger partial charge in [0.15, 0.2) is 0 Å². The molecule has 2 aliphatic rings. The van der Waals surface area contributed by atoms with E-state index in [9.17, 15) is 19.2 Å². The topological polar surface area (TPSA) is 174 Å². The first-order valence-corrected chi connectivity index (χ1v) is 46.9. The maximum atomic E-state index is 13.9. The number of benzene rings is 4. The molecule has 0 aliphatic carbocycles. The number of aromatic nitrogens is 4. The largest absolute Gasteiger partial charge is 0.354 e. The van der Waals surface area contributed by atoms with Crippen LogP contribution in [0.3, 0.4) is 0 Å². The number of H-pyrrole nitrogens is 2. The Balaban J connectivity index is 1.02. The van der Waals surface area contributed by atoms with Crippen molar-refractivity contribution in [2.24, 2.45) is 0 Å². The molecule has 12 nitrogen and oxygen atoms in total. The van der Waals surface area contributed by atoms with Gasteiger partial charge in [-0.15, -0.1) is 0 Å². The molecule has 4 amide bonds. The molecule has 0 saturated carbocycles. The first-order chi connectivity index (χ1) is 57.2. The van der Waals surface area contributed by atoms with E-state index in [1.807, 2.05) is 97.1 Å². The second-order valence-electron chi connectivity index (χ2n) is 33.4. The molecule has 0 atom stereocenters. The minimum absolute atomic E-state index is 0.0877. The number of hydrogen-bond acceptors (Lipinski definition) is 6. The third-order valence-corrected chi connectivity index (χ3v) is 23.8. The van der Waals surface area contributed by atoms with E-state index in [1.165, 1.54) is 257 Å². The Bertz CT molecular complexity index is 3700. The quantitative estimate of drug-likeness (QED) is 0.0207. The fourth-order valence-electron chi connectivity index (χ4n) is 16.7. The number of amides is 4. The summed E-state index contributed by atoms with van der Waals surface area (Å²) in [6, 6.07) is 40.0. The molecule has 6 N–H and O–H groups in total. The van der Waals surface area contributed by atoms with Gasteiger partial charge in [-0.1, -0.05) is 359 Å². The molecule has 8 bridgehead atoms. The lowest BCUT2D eigenvalue weighted by molar-refractivity contribution is 0.0944. The summed E-state index contributed by atoms with van der Waals surface area (Å²) in [5, 5.41) is 12.9. The number of fused-ring (bicyclic) bond motifs is 8. The van der Waals surface area contributed by atoms with Crippen molar-refractivity contribution < 1.29 is 19.2 Å². The number of nitrogens with zero attached hydrogens (tertiary/aromatic N) is 2. The van der Waals surface area contributed by atoms with Crippen molar-refractivity contribution in [1.82, 2.24) is 41.2 Å². The van der Waals surface area contributed by atoms with Crippen LogP contribution in [-0.2, 0) is 0 Å². The molecule has 0 unspecified atom stereocenters. The van der Waals surface area contributed by atoms with E-state index in [0.717, 1.165) is 141 Å². The summed E-state index contributed by atoms with van der Waals surface area (Å²) in [4.78, 5) is 74.5. The minimum atomic E-state index is -0.0877. The van der Waals surface area contributed by atoms with Gasteiger partial charge in [-0.3, -0.25) is 19.2 Å². The zero-order chi connectivity index (χ0) is 81.3. The summed E-state index contributed by atoms with van der Waals surface area (Å²) in [5.74, 6) is -0.351. The number of hydrogen-bond donors (Lipinski definition) is 6. The van der Waals surface area contributed by atoms with E-state index >= 15 is 0 Å². The Labute approximate surface area is 699 Å². The van der Waals surface area contributed by atoms with E-state index < -0.39 is 0 Å². The van der Waals surface area contributed by atoms with Crippen LogP contribution in [0.5, 0.6) is 0 Å². The lowest BCUT2D eigenvalue weighted by Crippen LogP contribution is -2.24. The molecule has 0 radical (unpaired) electrons. The van der Waals surface area contributed by atoms with Crippen molar-refractivity contribution in [3.05, 3.63) is 166 Å². The van der Waals surface area contributed by atoms with Gasteiger partial charge in [0.2, 0.25) is 0 Å². The molecule has 2 aliphatic heterocycles. The van der Waals surface area contributed by atoms with Gasteiger partial charge in [0.25, 0.3) is 23.6 Å². The SMILES string of the molecule is CCCCCCCCCCCCCCNC(=O)c1ccc(-c2c3nc(c(-c4ccc(C(=O)NCCCCCCCCCCCCCC)cc4)c4ccc([nH]4)c(-c4ccc(C(=O)NCCCCCCCCCCCCCC)cc4)c4nc(c(-c5ccc(C(=O)NCCCCCCCCCCCCCC)cc5)c5ccc2[nH]5)C=C4)C=C3)cc1. The lowest BCUT2D eigenvalue weighted by Gasteiger charge is -2.09. The predicted molar refractivity (Wildman–Crippen MR) is 494 cm³/mol. The van der Waals surface area contributed by atoms with Gasteiger partial charge in [-0.25, -0.2) is 9.97 Å². The van der Waals surface area contributed by atoms with Crippen LogP contribution in [0.4, 0.5) is 0 Å². The molecular formula is C104H146N8O4. The average Bonchev–Trinajstić information content (AvgIpc) is 1.61. The molecule has 5 heterocycles. The van der Waals surface area contributed by atoms with Crippen molar-refractivity contribution in [2.75, 3.05) is 26.2 Å².